The van der Waals surface area contributed by atoms with Crippen molar-refractivity contribution in [3.63, 3.8) is 0 Å². The molecule has 0 saturated heterocycles. The quantitative estimate of drug-likeness (QED) is 0.569. The lowest BCUT2D eigenvalue weighted by Crippen LogP contribution is -1.89. The van der Waals surface area contributed by atoms with Crippen LogP contribution in [0.3, 0.4) is 0 Å². The third-order valence-electron chi connectivity index (χ3n) is 3.01. The number of hydrogen-bond donors (Lipinski definition) is 0. The van der Waals surface area contributed by atoms with Crippen molar-refractivity contribution < 1.29 is 0 Å². The number of fused-ring (bicyclic) bond motifs is 1. The largest absolute Gasteiger partial charge is 0.351 e. The van der Waals surface area contributed by atoms with E-state index in [0.717, 1.165) is 0 Å². The zero-order valence-corrected chi connectivity index (χ0v) is 11.2. The third-order valence-corrected chi connectivity index (χ3v) is 3.01. The minimum atomic E-state index is 1.26. The molecule has 0 N–H and O–H groups in total. The Hall–Kier alpha value is -2.02. The number of aromatic nitrogens is 1. The first-order valence-electron chi connectivity index (χ1n) is 6.46. The van der Waals surface area contributed by atoms with Crippen molar-refractivity contribution in [1.82, 2.24) is 4.57 Å². The Morgan fingerprint density at radius 1 is 0.778 bits per heavy atom. The standard InChI is InChI=1S/C15H13N.C2H6/c1-16-11-5-10-15(16)14-9-4-7-12-6-2-3-8-13(12)14;1-2/h2-11H,1H3;1-2H3. The van der Waals surface area contributed by atoms with Gasteiger partial charge in [-0.25, -0.2) is 0 Å². The van der Waals surface area contributed by atoms with Crippen molar-refractivity contribution in [1.29, 1.82) is 0 Å². The molecular formula is C17H19N. The van der Waals surface area contributed by atoms with Crippen LogP contribution in [0, 0.1) is 0 Å². The lowest BCUT2D eigenvalue weighted by atomic mass is 10.0. The molecule has 1 heteroatoms. The summed E-state index contributed by atoms with van der Waals surface area (Å²) in [6, 6.07) is 19.2. The fourth-order valence-corrected chi connectivity index (χ4v) is 2.19. The molecule has 18 heavy (non-hydrogen) atoms. The Kier molecular flexibility index (Phi) is 3.83. The average Bonchev–Trinajstić information content (AvgIpc) is 2.86. The minimum Gasteiger partial charge on any atom is -0.351 e. The van der Waals surface area contributed by atoms with Crippen LogP contribution in [0.15, 0.2) is 60.8 Å². The summed E-state index contributed by atoms with van der Waals surface area (Å²) in [7, 11) is 2.08. The molecule has 0 spiro atoms. The van der Waals surface area contributed by atoms with E-state index in [1.165, 1.54) is 22.0 Å². The summed E-state index contributed by atoms with van der Waals surface area (Å²) in [4.78, 5) is 0. The van der Waals surface area contributed by atoms with Gasteiger partial charge in [0.2, 0.25) is 0 Å². The monoisotopic (exact) mass is 237 g/mol. The molecule has 0 unspecified atom stereocenters. The van der Waals surface area contributed by atoms with E-state index in [1.54, 1.807) is 0 Å². The summed E-state index contributed by atoms with van der Waals surface area (Å²) in [6.45, 7) is 4.00. The normalized spacial score (nSPS) is 9.94. The van der Waals surface area contributed by atoms with Crippen molar-refractivity contribution in [3.8, 4) is 11.3 Å². The zero-order valence-electron chi connectivity index (χ0n) is 11.2. The molecule has 0 aliphatic carbocycles. The predicted molar refractivity (Wildman–Crippen MR) is 79.7 cm³/mol. The van der Waals surface area contributed by atoms with E-state index in [9.17, 15) is 0 Å². The van der Waals surface area contributed by atoms with Gasteiger partial charge in [-0.05, 0) is 22.9 Å². The molecule has 2 aromatic carbocycles. The average molecular weight is 237 g/mol. The number of hydrogen-bond acceptors (Lipinski definition) is 0. The highest BCUT2D eigenvalue weighted by molar-refractivity contribution is 5.95. The first kappa shape index (κ1) is 12.4. The molecule has 0 radical (unpaired) electrons. The second-order valence-corrected chi connectivity index (χ2v) is 4.03. The van der Waals surface area contributed by atoms with E-state index in [2.05, 4.69) is 72.4 Å². The summed E-state index contributed by atoms with van der Waals surface area (Å²) in [5.74, 6) is 0. The van der Waals surface area contributed by atoms with Gasteiger partial charge in [-0.3, -0.25) is 0 Å². The number of rotatable bonds is 1. The first-order chi connectivity index (χ1) is 8.86. The van der Waals surface area contributed by atoms with Gasteiger partial charge in [-0.1, -0.05) is 56.3 Å². The summed E-state index contributed by atoms with van der Waals surface area (Å²) in [6.07, 6.45) is 2.08. The van der Waals surface area contributed by atoms with E-state index >= 15 is 0 Å². The van der Waals surface area contributed by atoms with Crippen LogP contribution in [-0.4, -0.2) is 4.57 Å². The van der Waals surface area contributed by atoms with E-state index in [-0.39, 0.29) is 0 Å². The summed E-state index contributed by atoms with van der Waals surface area (Å²) >= 11 is 0. The molecule has 0 atom stereocenters. The molecule has 0 aliphatic heterocycles. The van der Waals surface area contributed by atoms with E-state index < -0.39 is 0 Å². The van der Waals surface area contributed by atoms with Crippen LogP contribution in [0.2, 0.25) is 0 Å². The van der Waals surface area contributed by atoms with Crippen molar-refractivity contribution in [3.05, 3.63) is 60.8 Å². The van der Waals surface area contributed by atoms with Gasteiger partial charge in [0.15, 0.2) is 0 Å². The van der Waals surface area contributed by atoms with Crippen molar-refractivity contribution in [2.75, 3.05) is 0 Å². The van der Waals surface area contributed by atoms with Crippen LogP contribution in [-0.2, 0) is 7.05 Å². The van der Waals surface area contributed by atoms with Gasteiger partial charge in [0.1, 0.15) is 0 Å². The van der Waals surface area contributed by atoms with Crippen molar-refractivity contribution >= 4 is 10.8 Å². The lowest BCUT2D eigenvalue weighted by Gasteiger charge is -2.07. The van der Waals surface area contributed by atoms with Crippen molar-refractivity contribution in [2.24, 2.45) is 7.05 Å². The molecule has 3 rings (SSSR count). The highest BCUT2D eigenvalue weighted by Crippen LogP contribution is 2.28. The molecular weight excluding hydrogens is 218 g/mol. The van der Waals surface area contributed by atoms with Crippen LogP contribution >= 0.6 is 0 Å². The molecule has 0 saturated carbocycles. The van der Waals surface area contributed by atoms with Crippen LogP contribution in [0.4, 0.5) is 0 Å². The van der Waals surface area contributed by atoms with Crippen LogP contribution < -0.4 is 0 Å². The van der Waals surface area contributed by atoms with Gasteiger partial charge in [-0.15, -0.1) is 0 Å². The Morgan fingerprint density at radius 2 is 1.50 bits per heavy atom. The lowest BCUT2D eigenvalue weighted by molar-refractivity contribution is 0.938. The van der Waals surface area contributed by atoms with Gasteiger partial charge >= 0.3 is 0 Å². The van der Waals surface area contributed by atoms with Gasteiger partial charge in [-0.2, -0.15) is 0 Å². The molecule has 1 aromatic heterocycles. The fraction of sp³-hybridized carbons (Fsp3) is 0.176. The third kappa shape index (κ3) is 2.17. The number of benzene rings is 2. The smallest absolute Gasteiger partial charge is 0.0483 e. The molecule has 0 amide bonds. The fourth-order valence-electron chi connectivity index (χ4n) is 2.19. The summed E-state index contributed by atoms with van der Waals surface area (Å²) in [5.41, 5.74) is 2.56. The van der Waals surface area contributed by atoms with Gasteiger partial charge in [0.05, 0.1) is 0 Å². The molecule has 92 valence electrons. The molecule has 1 nitrogen and oxygen atoms in total. The molecule has 3 aromatic rings. The minimum absolute atomic E-state index is 1.26. The second kappa shape index (κ2) is 5.54. The summed E-state index contributed by atoms with van der Waals surface area (Å²) < 4.78 is 2.15. The Labute approximate surface area is 109 Å². The Balaban J connectivity index is 0.000000574. The topological polar surface area (TPSA) is 4.93 Å². The van der Waals surface area contributed by atoms with Gasteiger partial charge in [0.25, 0.3) is 0 Å². The maximum atomic E-state index is 2.18. The van der Waals surface area contributed by atoms with Crippen LogP contribution in [0.25, 0.3) is 22.0 Å². The maximum absolute atomic E-state index is 2.18. The highest BCUT2D eigenvalue weighted by Gasteiger charge is 2.04. The second-order valence-electron chi connectivity index (χ2n) is 4.03. The number of aryl methyl sites for hydroxylation is 1. The van der Waals surface area contributed by atoms with Gasteiger partial charge in [0, 0.05) is 24.5 Å². The maximum Gasteiger partial charge on any atom is 0.0483 e. The molecule has 0 aliphatic rings. The zero-order chi connectivity index (χ0) is 13.0. The Morgan fingerprint density at radius 3 is 2.22 bits per heavy atom. The highest BCUT2D eigenvalue weighted by atomic mass is 14.9. The van der Waals surface area contributed by atoms with Crippen molar-refractivity contribution in [2.45, 2.75) is 13.8 Å². The first-order valence-corrected chi connectivity index (χ1v) is 6.46. The van der Waals surface area contributed by atoms with Crippen LogP contribution in [0.5, 0.6) is 0 Å². The predicted octanol–water partition coefficient (Wildman–Crippen LogP) is 4.87. The molecule has 1 heterocycles. The Bertz CT molecular complexity index is 629. The van der Waals surface area contributed by atoms with E-state index in [4.69, 9.17) is 0 Å². The molecule has 0 bridgehead atoms. The van der Waals surface area contributed by atoms with E-state index in [0.29, 0.717) is 0 Å². The SMILES string of the molecule is CC.Cn1cccc1-c1cccc2ccccc12. The van der Waals surface area contributed by atoms with Gasteiger partial charge < -0.3 is 4.57 Å². The van der Waals surface area contributed by atoms with E-state index in [1.807, 2.05) is 13.8 Å². The van der Waals surface area contributed by atoms with Crippen LogP contribution in [0.1, 0.15) is 13.8 Å². The number of nitrogens with zero attached hydrogens (tertiary/aromatic N) is 1. The summed E-state index contributed by atoms with van der Waals surface area (Å²) in [5, 5.41) is 2.60. The molecule has 0 fully saturated rings.